The summed E-state index contributed by atoms with van der Waals surface area (Å²) in [6.07, 6.45) is 4.17. The van der Waals surface area contributed by atoms with E-state index in [1.807, 2.05) is 23.9 Å². The average molecular weight is 236 g/mol. The summed E-state index contributed by atoms with van der Waals surface area (Å²) in [5.41, 5.74) is 6.61. The van der Waals surface area contributed by atoms with Crippen molar-refractivity contribution in [1.82, 2.24) is 4.90 Å². The maximum atomic E-state index is 5.75. The zero-order chi connectivity index (χ0) is 11.2. The van der Waals surface area contributed by atoms with Crippen molar-refractivity contribution < 1.29 is 0 Å². The van der Waals surface area contributed by atoms with Crippen LogP contribution >= 0.6 is 11.8 Å². The Hall–Kier alpha value is -0.670. The number of anilines is 1. The first-order valence-electron chi connectivity index (χ1n) is 6.05. The van der Waals surface area contributed by atoms with Crippen LogP contribution < -0.4 is 5.73 Å². The lowest BCUT2D eigenvalue weighted by atomic mass is 10.1. The Bertz CT molecular complexity index is 321. The molecule has 1 aromatic carbocycles. The van der Waals surface area contributed by atoms with Crippen LogP contribution in [0.5, 0.6) is 0 Å². The summed E-state index contributed by atoms with van der Waals surface area (Å²) >= 11 is 1.91. The second-order valence-electron chi connectivity index (χ2n) is 4.32. The maximum Gasteiger partial charge on any atom is 0.0325 e. The number of piperidine rings is 1. The smallest absolute Gasteiger partial charge is 0.0325 e. The van der Waals surface area contributed by atoms with Gasteiger partial charge in [-0.15, -0.1) is 11.8 Å². The molecule has 1 aliphatic heterocycles. The van der Waals surface area contributed by atoms with Gasteiger partial charge in [0.15, 0.2) is 0 Å². The molecule has 0 saturated carbocycles. The van der Waals surface area contributed by atoms with Gasteiger partial charge in [0.2, 0.25) is 0 Å². The molecular weight excluding hydrogens is 216 g/mol. The second-order valence-corrected chi connectivity index (χ2v) is 5.49. The van der Waals surface area contributed by atoms with Crippen LogP contribution in [0.1, 0.15) is 19.3 Å². The van der Waals surface area contributed by atoms with Gasteiger partial charge in [0.1, 0.15) is 0 Å². The fourth-order valence-corrected chi connectivity index (χ4v) is 3.06. The van der Waals surface area contributed by atoms with E-state index in [9.17, 15) is 0 Å². The van der Waals surface area contributed by atoms with E-state index in [2.05, 4.69) is 17.0 Å². The molecule has 0 atom stereocenters. The Morgan fingerprint density at radius 2 is 2.00 bits per heavy atom. The van der Waals surface area contributed by atoms with Crippen molar-refractivity contribution in [3.05, 3.63) is 24.3 Å². The van der Waals surface area contributed by atoms with E-state index < -0.39 is 0 Å². The zero-order valence-corrected chi connectivity index (χ0v) is 10.5. The molecule has 1 aromatic rings. The Morgan fingerprint density at radius 3 is 2.75 bits per heavy atom. The number of likely N-dealkylation sites (tertiary alicyclic amines) is 1. The molecule has 0 aliphatic carbocycles. The zero-order valence-electron chi connectivity index (χ0n) is 9.69. The van der Waals surface area contributed by atoms with Crippen molar-refractivity contribution in [2.45, 2.75) is 24.2 Å². The second kappa shape index (κ2) is 6.16. The quantitative estimate of drug-likeness (QED) is 0.644. The minimum Gasteiger partial charge on any atom is -0.399 e. The Kier molecular flexibility index (Phi) is 4.55. The first-order chi connectivity index (χ1) is 7.84. The molecule has 2 rings (SSSR count). The van der Waals surface area contributed by atoms with Crippen LogP contribution in [0.2, 0.25) is 0 Å². The normalized spacial score (nSPS) is 17.5. The number of thioether (sulfide) groups is 1. The Balaban J connectivity index is 1.71. The molecule has 3 heteroatoms. The largest absolute Gasteiger partial charge is 0.399 e. The molecule has 1 heterocycles. The van der Waals surface area contributed by atoms with Gasteiger partial charge in [0.05, 0.1) is 0 Å². The van der Waals surface area contributed by atoms with E-state index in [-0.39, 0.29) is 0 Å². The van der Waals surface area contributed by atoms with Gasteiger partial charge < -0.3 is 10.6 Å². The lowest BCUT2D eigenvalue weighted by Gasteiger charge is -2.26. The van der Waals surface area contributed by atoms with Crippen molar-refractivity contribution in [2.24, 2.45) is 0 Å². The Morgan fingerprint density at radius 1 is 1.19 bits per heavy atom. The topological polar surface area (TPSA) is 29.3 Å². The molecule has 2 N–H and O–H groups in total. The number of hydrogen-bond donors (Lipinski definition) is 1. The lowest BCUT2D eigenvalue weighted by molar-refractivity contribution is 0.242. The molecule has 0 unspecified atom stereocenters. The summed E-state index contributed by atoms with van der Waals surface area (Å²) in [7, 11) is 0. The summed E-state index contributed by atoms with van der Waals surface area (Å²) in [5.74, 6) is 1.17. The van der Waals surface area contributed by atoms with Gasteiger partial charge in [-0.3, -0.25) is 0 Å². The molecule has 16 heavy (non-hydrogen) atoms. The van der Waals surface area contributed by atoms with Gasteiger partial charge in [-0.05, 0) is 44.1 Å². The number of benzene rings is 1. The fourth-order valence-electron chi connectivity index (χ4n) is 2.08. The highest BCUT2D eigenvalue weighted by atomic mass is 32.2. The highest BCUT2D eigenvalue weighted by molar-refractivity contribution is 7.99. The highest BCUT2D eigenvalue weighted by Crippen LogP contribution is 2.20. The van der Waals surface area contributed by atoms with Crippen molar-refractivity contribution in [1.29, 1.82) is 0 Å². The van der Waals surface area contributed by atoms with Crippen LogP contribution in [-0.4, -0.2) is 30.3 Å². The van der Waals surface area contributed by atoms with Gasteiger partial charge in [-0.25, -0.2) is 0 Å². The predicted molar refractivity (Wildman–Crippen MR) is 71.9 cm³/mol. The minimum absolute atomic E-state index is 0.864. The van der Waals surface area contributed by atoms with Crippen LogP contribution in [0, 0.1) is 0 Å². The molecule has 0 spiro atoms. The van der Waals surface area contributed by atoms with Crippen LogP contribution in [0.15, 0.2) is 29.2 Å². The fraction of sp³-hybridized carbons (Fsp3) is 0.538. The van der Waals surface area contributed by atoms with Crippen LogP contribution in [0.25, 0.3) is 0 Å². The number of nitrogens with two attached hydrogens (primary N) is 1. The van der Waals surface area contributed by atoms with Gasteiger partial charge in [0, 0.05) is 22.9 Å². The minimum atomic E-state index is 0.864. The molecule has 0 amide bonds. The Labute approximate surface area is 102 Å². The maximum absolute atomic E-state index is 5.75. The molecule has 1 saturated heterocycles. The summed E-state index contributed by atoms with van der Waals surface area (Å²) in [4.78, 5) is 3.86. The molecule has 0 aromatic heterocycles. The van der Waals surface area contributed by atoms with Crippen LogP contribution in [0.3, 0.4) is 0 Å². The predicted octanol–water partition coefficient (Wildman–Crippen LogP) is 2.85. The van der Waals surface area contributed by atoms with Crippen LogP contribution in [0.4, 0.5) is 5.69 Å². The molecule has 88 valence electrons. The van der Waals surface area contributed by atoms with Crippen molar-refractivity contribution in [2.75, 3.05) is 31.1 Å². The van der Waals surface area contributed by atoms with Crippen molar-refractivity contribution in [3.8, 4) is 0 Å². The van der Waals surface area contributed by atoms with Crippen molar-refractivity contribution in [3.63, 3.8) is 0 Å². The molecule has 1 aliphatic rings. The van der Waals surface area contributed by atoms with Gasteiger partial charge in [-0.1, -0.05) is 12.5 Å². The SMILES string of the molecule is Nc1cccc(SCCN2CCCCC2)c1. The molecule has 0 bridgehead atoms. The lowest BCUT2D eigenvalue weighted by Crippen LogP contribution is -2.31. The van der Waals surface area contributed by atoms with Crippen LogP contribution in [-0.2, 0) is 0 Å². The standard InChI is InChI=1S/C13H20N2S/c14-12-5-4-6-13(11-12)16-10-9-15-7-2-1-3-8-15/h4-6,11H,1-3,7-10,14H2. The van der Waals surface area contributed by atoms with E-state index in [0.29, 0.717) is 0 Å². The van der Waals surface area contributed by atoms with Gasteiger partial charge in [0.25, 0.3) is 0 Å². The average Bonchev–Trinajstić information content (AvgIpc) is 2.30. The first kappa shape index (κ1) is 11.8. The molecule has 2 nitrogen and oxygen atoms in total. The molecular formula is C13H20N2S. The van der Waals surface area contributed by atoms with E-state index in [1.54, 1.807) is 0 Å². The third-order valence-electron chi connectivity index (χ3n) is 2.98. The monoisotopic (exact) mass is 236 g/mol. The summed E-state index contributed by atoms with van der Waals surface area (Å²) in [6, 6.07) is 8.16. The van der Waals surface area contributed by atoms with Gasteiger partial charge in [-0.2, -0.15) is 0 Å². The number of nitrogens with zero attached hydrogens (tertiary/aromatic N) is 1. The van der Waals surface area contributed by atoms with Crippen molar-refractivity contribution >= 4 is 17.4 Å². The molecule has 0 radical (unpaired) electrons. The molecule has 1 fully saturated rings. The van der Waals surface area contributed by atoms with Gasteiger partial charge >= 0.3 is 0 Å². The van der Waals surface area contributed by atoms with E-state index in [4.69, 9.17) is 5.73 Å². The summed E-state index contributed by atoms with van der Waals surface area (Å²) in [6.45, 7) is 3.79. The van der Waals surface area contributed by atoms with E-state index >= 15 is 0 Å². The third kappa shape index (κ3) is 3.72. The summed E-state index contributed by atoms with van der Waals surface area (Å²) < 4.78 is 0. The third-order valence-corrected chi connectivity index (χ3v) is 3.96. The number of nitrogen functional groups attached to an aromatic ring is 1. The summed E-state index contributed by atoms with van der Waals surface area (Å²) in [5, 5.41) is 0. The first-order valence-corrected chi connectivity index (χ1v) is 7.04. The number of rotatable bonds is 4. The number of hydrogen-bond acceptors (Lipinski definition) is 3. The highest BCUT2D eigenvalue weighted by Gasteiger charge is 2.09. The van der Waals surface area contributed by atoms with E-state index in [1.165, 1.54) is 49.5 Å². The van der Waals surface area contributed by atoms with E-state index in [0.717, 1.165) is 5.69 Å².